The van der Waals surface area contributed by atoms with E-state index in [0.29, 0.717) is 11.7 Å². The Labute approximate surface area is 95.5 Å². The molecule has 0 unspecified atom stereocenters. The number of carbonyl (C=O) groups excluding carboxylic acids is 1. The summed E-state index contributed by atoms with van der Waals surface area (Å²) in [6.45, 7) is 1.66. The Hall–Kier alpha value is -1.36. The van der Waals surface area contributed by atoms with Gasteiger partial charge in [-0.2, -0.15) is 0 Å². The second kappa shape index (κ2) is 4.65. The predicted octanol–water partition coefficient (Wildman–Crippen LogP) is 0.244. The number of imidazole rings is 1. The van der Waals surface area contributed by atoms with Crippen molar-refractivity contribution < 1.29 is 4.79 Å². The van der Waals surface area contributed by atoms with Crippen LogP contribution in [0.2, 0.25) is 0 Å². The number of hydrogen-bond acceptors (Lipinski definition) is 3. The number of nitrogens with one attached hydrogen (secondary N) is 1. The van der Waals surface area contributed by atoms with Crippen LogP contribution in [0.15, 0.2) is 12.5 Å². The van der Waals surface area contributed by atoms with Gasteiger partial charge < -0.3 is 14.8 Å². The summed E-state index contributed by atoms with van der Waals surface area (Å²) < 4.78 is 1.77. The van der Waals surface area contributed by atoms with E-state index < -0.39 is 0 Å². The maximum Gasteiger partial charge on any atom is 0.272 e. The largest absolute Gasteiger partial charge is 0.337 e. The fourth-order valence-corrected chi connectivity index (χ4v) is 2.10. The fourth-order valence-electron chi connectivity index (χ4n) is 2.10. The highest BCUT2D eigenvalue weighted by Gasteiger charge is 2.23. The number of likely N-dealkylation sites (tertiary alicyclic amines) is 1. The molecule has 1 amide bonds. The Bertz CT molecular complexity index is 366. The predicted molar refractivity (Wildman–Crippen MR) is 61.2 cm³/mol. The first-order valence-electron chi connectivity index (χ1n) is 5.65. The van der Waals surface area contributed by atoms with Crippen LogP contribution in [0.3, 0.4) is 0 Å². The molecule has 5 heteroatoms. The number of rotatable bonds is 2. The van der Waals surface area contributed by atoms with Gasteiger partial charge in [0.05, 0.1) is 12.5 Å². The zero-order valence-corrected chi connectivity index (χ0v) is 9.81. The molecule has 1 aromatic rings. The lowest BCUT2D eigenvalue weighted by atomic mass is 10.1. The topological polar surface area (TPSA) is 50.2 Å². The normalized spacial score (nSPS) is 17.8. The van der Waals surface area contributed by atoms with Gasteiger partial charge in [-0.25, -0.2) is 4.98 Å². The number of aromatic nitrogens is 2. The van der Waals surface area contributed by atoms with Crippen LogP contribution in [-0.2, 0) is 7.05 Å². The fraction of sp³-hybridized carbons (Fsp3) is 0.636. The summed E-state index contributed by atoms with van der Waals surface area (Å²) in [4.78, 5) is 18.0. The summed E-state index contributed by atoms with van der Waals surface area (Å²) in [5.41, 5.74) is 0.669. The molecule has 0 aromatic carbocycles. The van der Waals surface area contributed by atoms with Crippen LogP contribution in [0, 0.1) is 0 Å². The molecular weight excluding hydrogens is 204 g/mol. The van der Waals surface area contributed by atoms with E-state index in [9.17, 15) is 4.79 Å². The quantitative estimate of drug-likeness (QED) is 0.780. The van der Waals surface area contributed by atoms with Gasteiger partial charge in [0, 0.05) is 26.2 Å². The van der Waals surface area contributed by atoms with Gasteiger partial charge in [0.15, 0.2) is 0 Å². The van der Waals surface area contributed by atoms with Crippen molar-refractivity contribution in [1.82, 2.24) is 19.8 Å². The molecule has 2 rings (SSSR count). The highest BCUT2D eigenvalue weighted by atomic mass is 16.2. The molecule has 2 heterocycles. The van der Waals surface area contributed by atoms with Crippen LogP contribution >= 0.6 is 0 Å². The third-order valence-electron chi connectivity index (χ3n) is 3.23. The molecule has 1 aromatic heterocycles. The van der Waals surface area contributed by atoms with E-state index in [0.717, 1.165) is 25.9 Å². The summed E-state index contributed by atoms with van der Waals surface area (Å²) in [6, 6.07) is 0.551. The lowest BCUT2D eigenvalue weighted by Crippen LogP contribution is -2.44. The Morgan fingerprint density at radius 1 is 1.50 bits per heavy atom. The van der Waals surface area contributed by atoms with E-state index in [-0.39, 0.29) is 5.91 Å². The molecule has 1 saturated heterocycles. The molecule has 0 atom stereocenters. The molecule has 0 radical (unpaired) electrons. The summed E-state index contributed by atoms with van der Waals surface area (Å²) in [5, 5.41) is 3.25. The zero-order chi connectivity index (χ0) is 11.5. The number of amides is 1. The number of piperidine rings is 1. The lowest BCUT2D eigenvalue weighted by Gasteiger charge is -2.31. The molecule has 1 aliphatic heterocycles. The minimum atomic E-state index is 0.0922. The van der Waals surface area contributed by atoms with Crippen molar-refractivity contribution in [3.05, 3.63) is 18.2 Å². The van der Waals surface area contributed by atoms with Gasteiger partial charge >= 0.3 is 0 Å². The van der Waals surface area contributed by atoms with Crippen molar-refractivity contribution in [1.29, 1.82) is 0 Å². The minimum Gasteiger partial charge on any atom is -0.337 e. The number of hydrogen-bond donors (Lipinski definition) is 1. The van der Waals surface area contributed by atoms with E-state index in [1.807, 2.05) is 19.0 Å². The van der Waals surface area contributed by atoms with Crippen molar-refractivity contribution in [2.75, 3.05) is 20.1 Å². The second-order valence-electron chi connectivity index (χ2n) is 4.24. The van der Waals surface area contributed by atoms with E-state index in [4.69, 9.17) is 0 Å². The van der Waals surface area contributed by atoms with Crippen LogP contribution in [0.5, 0.6) is 0 Å². The number of carbonyl (C=O) groups is 1. The Morgan fingerprint density at radius 2 is 2.19 bits per heavy atom. The van der Waals surface area contributed by atoms with Gasteiger partial charge in [0.25, 0.3) is 5.91 Å². The molecule has 1 fully saturated rings. The molecule has 0 saturated carbocycles. The maximum atomic E-state index is 12.1. The molecule has 0 bridgehead atoms. The lowest BCUT2D eigenvalue weighted by molar-refractivity contribution is 0.0697. The van der Waals surface area contributed by atoms with Gasteiger partial charge in [0.1, 0.15) is 5.69 Å². The average Bonchev–Trinajstić information content (AvgIpc) is 2.75. The molecule has 0 spiro atoms. The molecule has 5 nitrogen and oxygen atoms in total. The molecule has 1 N–H and O–H groups in total. The van der Waals surface area contributed by atoms with Gasteiger partial charge in [0.2, 0.25) is 0 Å². The summed E-state index contributed by atoms with van der Waals surface area (Å²) in [7, 11) is 3.82. The monoisotopic (exact) mass is 222 g/mol. The Kier molecular flexibility index (Phi) is 3.24. The zero-order valence-electron chi connectivity index (χ0n) is 9.81. The van der Waals surface area contributed by atoms with Gasteiger partial charge in [-0.15, -0.1) is 0 Å². The van der Waals surface area contributed by atoms with Crippen molar-refractivity contribution in [3.63, 3.8) is 0 Å². The van der Waals surface area contributed by atoms with Crippen molar-refractivity contribution in [2.24, 2.45) is 7.05 Å². The smallest absolute Gasteiger partial charge is 0.272 e. The van der Waals surface area contributed by atoms with Gasteiger partial charge in [-0.3, -0.25) is 4.79 Å². The minimum absolute atomic E-state index is 0.0922. The average molecular weight is 222 g/mol. The standard InChI is InChI=1S/C11H18N4O/c1-12-9-3-5-15(6-4-9)11(16)10-7-13-8-14(10)2/h7-9,12H,3-6H2,1-2H3. The van der Waals surface area contributed by atoms with Crippen LogP contribution < -0.4 is 5.32 Å². The maximum absolute atomic E-state index is 12.1. The van der Waals surface area contributed by atoms with E-state index >= 15 is 0 Å². The highest BCUT2D eigenvalue weighted by molar-refractivity contribution is 5.92. The first-order chi connectivity index (χ1) is 7.72. The highest BCUT2D eigenvalue weighted by Crippen LogP contribution is 2.13. The summed E-state index contributed by atoms with van der Waals surface area (Å²) >= 11 is 0. The number of aryl methyl sites for hydroxylation is 1. The van der Waals surface area contributed by atoms with Gasteiger partial charge in [-0.05, 0) is 19.9 Å². The molecule has 1 aliphatic rings. The first kappa shape index (κ1) is 11.1. The SMILES string of the molecule is CNC1CCN(C(=O)c2cncn2C)CC1. The van der Waals surface area contributed by atoms with Crippen LogP contribution in [-0.4, -0.2) is 46.5 Å². The van der Waals surface area contributed by atoms with E-state index in [2.05, 4.69) is 10.3 Å². The Morgan fingerprint density at radius 3 is 2.69 bits per heavy atom. The van der Waals surface area contributed by atoms with E-state index in [1.165, 1.54) is 0 Å². The molecule has 88 valence electrons. The van der Waals surface area contributed by atoms with Crippen LogP contribution in [0.4, 0.5) is 0 Å². The van der Waals surface area contributed by atoms with Crippen LogP contribution in [0.1, 0.15) is 23.3 Å². The second-order valence-corrected chi connectivity index (χ2v) is 4.24. The third-order valence-corrected chi connectivity index (χ3v) is 3.23. The summed E-state index contributed by atoms with van der Waals surface area (Å²) in [5.74, 6) is 0.0922. The first-order valence-corrected chi connectivity index (χ1v) is 5.65. The van der Waals surface area contributed by atoms with Crippen molar-refractivity contribution in [2.45, 2.75) is 18.9 Å². The third kappa shape index (κ3) is 2.09. The molecule has 16 heavy (non-hydrogen) atoms. The van der Waals surface area contributed by atoms with Crippen molar-refractivity contribution >= 4 is 5.91 Å². The number of nitrogens with zero attached hydrogens (tertiary/aromatic N) is 3. The van der Waals surface area contributed by atoms with Gasteiger partial charge in [-0.1, -0.05) is 0 Å². The Balaban J connectivity index is 2.00. The van der Waals surface area contributed by atoms with E-state index in [1.54, 1.807) is 17.1 Å². The molecule has 0 aliphatic carbocycles. The van der Waals surface area contributed by atoms with Crippen molar-refractivity contribution in [3.8, 4) is 0 Å². The van der Waals surface area contributed by atoms with Crippen LogP contribution in [0.25, 0.3) is 0 Å². The summed E-state index contributed by atoms with van der Waals surface area (Å²) in [6.07, 6.45) is 5.35. The molecular formula is C11H18N4O.